The fourth-order valence-electron chi connectivity index (χ4n) is 1.92. The average Bonchev–Trinajstić information content (AvgIpc) is 2.82. The predicted molar refractivity (Wildman–Crippen MR) is 52.5 cm³/mol. The number of rotatable bonds is 2. The Hall–Kier alpha value is -1.29. The molecule has 0 saturated heterocycles. The van der Waals surface area contributed by atoms with Crippen molar-refractivity contribution in [3.63, 3.8) is 0 Å². The lowest BCUT2D eigenvalue weighted by Gasteiger charge is -2.13. The Kier molecular flexibility index (Phi) is 1.71. The van der Waals surface area contributed by atoms with E-state index in [9.17, 15) is 4.39 Å². The van der Waals surface area contributed by atoms with Crippen molar-refractivity contribution in [1.29, 1.82) is 0 Å². The minimum absolute atomic E-state index is 0.203. The standard InChI is InChI=1S/C11H12FNO2/c12-5-7-3-8(11(13)1-2-11)10-9(4-7)14-6-15-10/h3-4H,1-2,5-6,13H2. The monoisotopic (exact) mass is 209 g/mol. The zero-order valence-electron chi connectivity index (χ0n) is 8.25. The van der Waals surface area contributed by atoms with Crippen molar-refractivity contribution in [2.24, 2.45) is 5.73 Å². The third kappa shape index (κ3) is 1.28. The van der Waals surface area contributed by atoms with E-state index in [0.29, 0.717) is 17.1 Å². The van der Waals surface area contributed by atoms with Crippen LogP contribution in [0.1, 0.15) is 24.0 Å². The summed E-state index contributed by atoms with van der Waals surface area (Å²) < 4.78 is 23.3. The summed E-state index contributed by atoms with van der Waals surface area (Å²) in [6, 6.07) is 3.47. The van der Waals surface area contributed by atoms with Gasteiger partial charge in [-0.15, -0.1) is 0 Å². The Morgan fingerprint density at radius 3 is 2.80 bits per heavy atom. The van der Waals surface area contributed by atoms with Gasteiger partial charge in [-0.05, 0) is 30.5 Å². The summed E-state index contributed by atoms with van der Waals surface area (Å²) in [7, 11) is 0. The van der Waals surface area contributed by atoms with Gasteiger partial charge in [0.1, 0.15) is 6.67 Å². The van der Waals surface area contributed by atoms with Crippen LogP contribution in [0.2, 0.25) is 0 Å². The Morgan fingerprint density at radius 1 is 1.33 bits per heavy atom. The van der Waals surface area contributed by atoms with Crippen LogP contribution in [0.3, 0.4) is 0 Å². The van der Waals surface area contributed by atoms with E-state index < -0.39 is 6.67 Å². The molecule has 1 aromatic carbocycles. The summed E-state index contributed by atoms with van der Waals surface area (Å²) in [4.78, 5) is 0. The van der Waals surface area contributed by atoms with Gasteiger partial charge in [-0.3, -0.25) is 0 Å². The molecule has 4 heteroatoms. The average molecular weight is 209 g/mol. The fraction of sp³-hybridized carbons (Fsp3) is 0.455. The van der Waals surface area contributed by atoms with Crippen molar-refractivity contribution in [3.8, 4) is 11.5 Å². The van der Waals surface area contributed by atoms with Gasteiger partial charge in [-0.25, -0.2) is 4.39 Å². The molecule has 2 aliphatic rings. The van der Waals surface area contributed by atoms with Crippen molar-refractivity contribution in [1.82, 2.24) is 0 Å². The summed E-state index contributed by atoms with van der Waals surface area (Å²) in [6.45, 7) is -0.298. The molecule has 1 saturated carbocycles. The highest BCUT2D eigenvalue weighted by Gasteiger charge is 2.44. The quantitative estimate of drug-likeness (QED) is 0.808. The van der Waals surface area contributed by atoms with Gasteiger partial charge in [0, 0.05) is 11.1 Å². The maximum atomic E-state index is 12.6. The van der Waals surface area contributed by atoms with Crippen LogP contribution in [0, 0.1) is 0 Å². The van der Waals surface area contributed by atoms with Crippen molar-refractivity contribution < 1.29 is 13.9 Å². The smallest absolute Gasteiger partial charge is 0.231 e. The third-order valence-electron chi connectivity index (χ3n) is 3.01. The van der Waals surface area contributed by atoms with Gasteiger partial charge in [0.05, 0.1) is 0 Å². The topological polar surface area (TPSA) is 44.5 Å². The predicted octanol–water partition coefficient (Wildman–Crippen LogP) is 1.83. The van der Waals surface area contributed by atoms with E-state index in [1.807, 2.05) is 0 Å². The molecule has 3 nitrogen and oxygen atoms in total. The first-order valence-electron chi connectivity index (χ1n) is 5.01. The zero-order valence-corrected chi connectivity index (χ0v) is 8.25. The molecule has 0 atom stereocenters. The molecule has 15 heavy (non-hydrogen) atoms. The maximum Gasteiger partial charge on any atom is 0.231 e. The van der Waals surface area contributed by atoms with Gasteiger partial charge in [-0.1, -0.05) is 0 Å². The molecule has 1 fully saturated rings. The molecule has 3 rings (SSSR count). The summed E-state index contributed by atoms with van der Waals surface area (Å²) >= 11 is 0. The lowest BCUT2D eigenvalue weighted by Crippen LogP contribution is -2.19. The molecular formula is C11H12FNO2. The van der Waals surface area contributed by atoms with Gasteiger partial charge in [-0.2, -0.15) is 0 Å². The van der Waals surface area contributed by atoms with Gasteiger partial charge < -0.3 is 15.2 Å². The molecule has 80 valence electrons. The van der Waals surface area contributed by atoms with E-state index in [2.05, 4.69) is 0 Å². The molecule has 0 spiro atoms. The van der Waals surface area contributed by atoms with Crippen molar-refractivity contribution in [2.45, 2.75) is 25.1 Å². The van der Waals surface area contributed by atoms with E-state index in [1.165, 1.54) is 0 Å². The first-order valence-corrected chi connectivity index (χ1v) is 5.01. The second-order valence-corrected chi connectivity index (χ2v) is 4.17. The van der Waals surface area contributed by atoms with Crippen LogP contribution in [-0.4, -0.2) is 6.79 Å². The van der Waals surface area contributed by atoms with Gasteiger partial charge >= 0.3 is 0 Å². The van der Waals surface area contributed by atoms with E-state index in [1.54, 1.807) is 12.1 Å². The Balaban J connectivity index is 2.15. The second kappa shape index (κ2) is 2.85. The highest BCUT2D eigenvalue weighted by atomic mass is 19.1. The number of hydrogen-bond acceptors (Lipinski definition) is 3. The Morgan fingerprint density at radius 2 is 2.13 bits per heavy atom. The lowest BCUT2D eigenvalue weighted by molar-refractivity contribution is 0.172. The molecule has 0 aromatic heterocycles. The molecule has 1 aromatic rings. The third-order valence-corrected chi connectivity index (χ3v) is 3.01. The highest BCUT2D eigenvalue weighted by Crippen LogP contribution is 2.51. The maximum absolute atomic E-state index is 12.6. The molecule has 0 radical (unpaired) electrons. The summed E-state index contributed by atoms with van der Waals surface area (Å²) in [6.07, 6.45) is 1.86. The summed E-state index contributed by atoms with van der Waals surface area (Å²) in [5.41, 5.74) is 7.29. The number of hydrogen-bond donors (Lipinski definition) is 1. The van der Waals surface area contributed by atoms with Crippen molar-refractivity contribution in [3.05, 3.63) is 23.3 Å². The number of benzene rings is 1. The molecule has 1 aliphatic carbocycles. The molecule has 0 bridgehead atoms. The fourth-order valence-corrected chi connectivity index (χ4v) is 1.92. The molecule has 0 unspecified atom stereocenters. The highest BCUT2D eigenvalue weighted by molar-refractivity contribution is 5.55. The largest absolute Gasteiger partial charge is 0.454 e. The minimum atomic E-state index is -0.500. The number of ether oxygens (including phenoxy) is 2. The van der Waals surface area contributed by atoms with E-state index in [0.717, 1.165) is 18.4 Å². The molecule has 1 aliphatic heterocycles. The molecule has 0 amide bonds. The van der Waals surface area contributed by atoms with E-state index in [-0.39, 0.29) is 12.3 Å². The van der Waals surface area contributed by atoms with Crippen LogP contribution < -0.4 is 15.2 Å². The Labute approximate surface area is 87.0 Å². The van der Waals surface area contributed by atoms with Gasteiger partial charge in [0.15, 0.2) is 11.5 Å². The van der Waals surface area contributed by atoms with Crippen LogP contribution in [0.15, 0.2) is 12.1 Å². The summed E-state index contributed by atoms with van der Waals surface area (Å²) in [5, 5.41) is 0. The minimum Gasteiger partial charge on any atom is -0.454 e. The Bertz CT molecular complexity index is 415. The van der Waals surface area contributed by atoms with Crippen molar-refractivity contribution in [2.75, 3.05) is 6.79 Å². The first kappa shape index (κ1) is 8.97. The van der Waals surface area contributed by atoms with Crippen molar-refractivity contribution >= 4 is 0 Å². The van der Waals surface area contributed by atoms with Crippen LogP contribution in [0.4, 0.5) is 4.39 Å². The molecule has 1 heterocycles. The zero-order chi connectivity index (χ0) is 10.5. The summed E-state index contributed by atoms with van der Waals surface area (Å²) in [5.74, 6) is 1.32. The normalized spacial score (nSPS) is 20.4. The number of halogens is 1. The number of fused-ring (bicyclic) bond motifs is 1. The number of alkyl halides is 1. The van der Waals surface area contributed by atoms with Crippen LogP contribution >= 0.6 is 0 Å². The number of nitrogens with two attached hydrogens (primary N) is 1. The molecular weight excluding hydrogens is 197 g/mol. The van der Waals surface area contributed by atoms with E-state index in [4.69, 9.17) is 15.2 Å². The lowest BCUT2D eigenvalue weighted by atomic mass is 10.0. The van der Waals surface area contributed by atoms with Crippen LogP contribution in [-0.2, 0) is 12.2 Å². The van der Waals surface area contributed by atoms with Crippen LogP contribution in [0.5, 0.6) is 11.5 Å². The second-order valence-electron chi connectivity index (χ2n) is 4.17. The SMILES string of the molecule is NC1(c2cc(CF)cc3c2OCO3)CC1. The van der Waals surface area contributed by atoms with Gasteiger partial charge in [0.25, 0.3) is 0 Å². The first-order chi connectivity index (χ1) is 7.23. The van der Waals surface area contributed by atoms with Gasteiger partial charge in [0.2, 0.25) is 6.79 Å². The van der Waals surface area contributed by atoms with E-state index >= 15 is 0 Å². The molecule has 2 N–H and O–H groups in total. The van der Waals surface area contributed by atoms with Crippen LogP contribution in [0.25, 0.3) is 0 Å².